The Morgan fingerprint density at radius 3 is 2.52 bits per heavy atom. The first-order chi connectivity index (χ1) is 12.8. The van der Waals surface area contributed by atoms with E-state index < -0.39 is 14.8 Å². The van der Waals surface area contributed by atoms with Gasteiger partial charge in [0.2, 0.25) is 0 Å². The van der Waals surface area contributed by atoms with Gasteiger partial charge in [-0.15, -0.1) is 0 Å². The maximum atomic E-state index is 11.6. The molecule has 0 bridgehead atoms. The zero-order valence-electron chi connectivity index (χ0n) is 15.1. The lowest BCUT2D eigenvalue weighted by Crippen LogP contribution is -2.43. The molecule has 0 amide bonds. The lowest BCUT2D eigenvalue weighted by atomic mass is 10.2. The minimum Gasteiger partial charge on any atom is -0.377 e. The molecule has 1 fully saturated rings. The van der Waals surface area contributed by atoms with Crippen LogP contribution < -0.4 is 10.2 Å². The molecule has 0 radical (unpaired) electrons. The molecule has 0 spiro atoms. The van der Waals surface area contributed by atoms with Crippen molar-refractivity contribution in [3.05, 3.63) is 52.6 Å². The molecule has 1 atom stereocenters. The van der Waals surface area contributed by atoms with Crippen LogP contribution in [0, 0.1) is 10.1 Å². The van der Waals surface area contributed by atoms with Crippen molar-refractivity contribution in [1.82, 2.24) is 0 Å². The highest BCUT2D eigenvalue weighted by Gasteiger charge is 2.20. The maximum Gasteiger partial charge on any atom is 0.293 e. The summed E-state index contributed by atoms with van der Waals surface area (Å²) in [6.45, 7) is 4.27. The van der Waals surface area contributed by atoms with Gasteiger partial charge in [0.15, 0.2) is 9.84 Å². The molecule has 1 unspecified atom stereocenters. The molecule has 8 nitrogen and oxygen atoms in total. The molecule has 1 aliphatic heterocycles. The van der Waals surface area contributed by atoms with Gasteiger partial charge in [-0.05, 0) is 43.3 Å². The average molecular weight is 391 g/mol. The number of anilines is 3. The first-order valence-electron chi connectivity index (χ1n) is 8.45. The molecule has 1 heterocycles. The number of ether oxygens (including phenoxy) is 1. The van der Waals surface area contributed by atoms with Crippen LogP contribution >= 0.6 is 0 Å². The molecule has 1 saturated heterocycles. The Labute approximate surface area is 157 Å². The zero-order chi connectivity index (χ0) is 19.6. The van der Waals surface area contributed by atoms with Gasteiger partial charge in [0.1, 0.15) is 5.69 Å². The molecule has 27 heavy (non-hydrogen) atoms. The summed E-state index contributed by atoms with van der Waals surface area (Å²) in [7, 11) is -3.52. The van der Waals surface area contributed by atoms with Crippen molar-refractivity contribution in [2.75, 3.05) is 36.2 Å². The minimum atomic E-state index is -3.52. The van der Waals surface area contributed by atoms with Gasteiger partial charge in [-0.3, -0.25) is 10.1 Å². The Kier molecular flexibility index (Phi) is 5.33. The van der Waals surface area contributed by atoms with Crippen molar-refractivity contribution in [3.8, 4) is 0 Å². The number of benzene rings is 2. The summed E-state index contributed by atoms with van der Waals surface area (Å²) in [5, 5.41) is 14.3. The minimum absolute atomic E-state index is 0.0867. The van der Waals surface area contributed by atoms with Crippen molar-refractivity contribution in [1.29, 1.82) is 0 Å². The molecule has 144 valence electrons. The van der Waals surface area contributed by atoms with E-state index in [1.54, 1.807) is 0 Å². The van der Waals surface area contributed by atoms with Crippen LogP contribution in [0.1, 0.15) is 6.92 Å². The fourth-order valence-corrected chi connectivity index (χ4v) is 3.64. The molecule has 0 saturated carbocycles. The lowest BCUT2D eigenvalue weighted by Gasteiger charge is -2.35. The highest BCUT2D eigenvalue weighted by molar-refractivity contribution is 7.90. The third kappa shape index (κ3) is 4.37. The third-order valence-electron chi connectivity index (χ3n) is 4.44. The zero-order valence-corrected chi connectivity index (χ0v) is 15.9. The van der Waals surface area contributed by atoms with Gasteiger partial charge in [0.25, 0.3) is 5.69 Å². The van der Waals surface area contributed by atoms with Crippen LogP contribution in [-0.4, -0.2) is 45.4 Å². The SMILES string of the molecule is CC1COCCN1c1ccc(Nc2ccc(S(C)(=O)=O)cc2[N+](=O)[O-])cc1. The molecular formula is C18H21N3O5S. The van der Waals surface area contributed by atoms with Crippen molar-refractivity contribution >= 4 is 32.6 Å². The van der Waals surface area contributed by atoms with E-state index in [0.717, 1.165) is 24.6 Å². The number of hydrogen-bond donors (Lipinski definition) is 1. The molecule has 3 rings (SSSR count). The smallest absolute Gasteiger partial charge is 0.293 e. The summed E-state index contributed by atoms with van der Waals surface area (Å²) in [6, 6.07) is 11.7. The average Bonchev–Trinajstić information content (AvgIpc) is 2.62. The molecule has 1 aliphatic rings. The Morgan fingerprint density at radius 2 is 1.93 bits per heavy atom. The lowest BCUT2D eigenvalue weighted by molar-refractivity contribution is -0.384. The first kappa shape index (κ1) is 19.1. The molecule has 1 N–H and O–H groups in total. The second-order valence-electron chi connectivity index (χ2n) is 6.50. The van der Waals surface area contributed by atoms with E-state index in [1.807, 2.05) is 24.3 Å². The summed E-state index contributed by atoms with van der Waals surface area (Å²) >= 11 is 0. The largest absolute Gasteiger partial charge is 0.377 e. The fourth-order valence-electron chi connectivity index (χ4n) is 3.00. The third-order valence-corrected chi connectivity index (χ3v) is 5.55. The van der Waals surface area contributed by atoms with E-state index in [2.05, 4.69) is 17.1 Å². The topological polar surface area (TPSA) is 102 Å². The quantitative estimate of drug-likeness (QED) is 0.617. The van der Waals surface area contributed by atoms with Crippen molar-refractivity contribution in [3.63, 3.8) is 0 Å². The van der Waals surface area contributed by atoms with E-state index in [-0.39, 0.29) is 22.3 Å². The van der Waals surface area contributed by atoms with Crippen molar-refractivity contribution < 1.29 is 18.1 Å². The van der Waals surface area contributed by atoms with Crippen LogP contribution in [0.4, 0.5) is 22.7 Å². The van der Waals surface area contributed by atoms with E-state index in [4.69, 9.17) is 4.74 Å². The number of nitro groups is 1. The van der Waals surface area contributed by atoms with Gasteiger partial charge in [0, 0.05) is 36.3 Å². The predicted octanol–water partition coefficient (Wildman–Crippen LogP) is 2.97. The van der Waals surface area contributed by atoms with Crippen LogP contribution in [0.5, 0.6) is 0 Å². The van der Waals surface area contributed by atoms with Gasteiger partial charge in [-0.25, -0.2) is 8.42 Å². The summed E-state index contributed by atoms with van der Waals surface area (Å²) in [6.07, 6.45) is 1.02. The normalized spacial score (nSPS) is 17.6. The van der Waals surface area contributed by atoms with Gasteiger partial charge in [-0.1, -0.05) is 0 Å². The highest BCUT2D eigenvalue weighted by Crippen LogP contribution is 2.31. The van der Waals surface area contributed by atoms with E-state index in [0.29, 0.717) is 18.9 Å². The Morgan fingerprint density at radius 1 is 1.22 bits per heavy atom. The van der Waals surface area contributed by atoms with Crippen LogP contribution in [-0.2, 0) is 14.6 Å². The molecule has 0 aliphatic carbocycles. The number of nitro benzene ring substituents is 1. The number of nitrogens with one attached hydrogen (secondary N) is 1. The summed E-state index contributed by atoms with van der Waals surface area (Å²) < 4.78 is 28.7. The number of hydrogen-bond acceptors (Lipinski definition) is 7. The summed E-state index contributed by atoms with van der Waals surface area (Å²) in [5.41, 5.74) is 1.68. The monoisotopic (exact) mass is 391 g/mol. The molecular weight excluding hydrogens is 370 g/mol. The van der Waals surface area contributed by atoms with E-state index >= 15 is 0 Å². The van der Waals surface area contributed by atoms with Gasteiger partial charge < -0.3 is 15.0 Å². The fraction of sp³-hybridized carbons (Fsp3) is 0.333. The van der Waals surface area contributed by atoms with E-state index in [1.165, 1.54) is 12.1 Å². The van der Waals surface area contributed by atoms with Crippen LogP contribution in [0.25, 0.3) is 0 Å². The predicted molar refractivity (Wildman–Crippen MR) is 104 cm³/mol. The van der Waals surface area contributed by atoms with Crippen LogP contribution in [0.3, 0.4) is 0 Å². The van der Waals surface area contributed by atoms with Crippen molar-refractivity contribution in [2.24, 2.45) is 0 Å². The van der Waals surface area contributed by atoms with Gasteiger partial charge in [-0.2, -0.15) is 0 Å². The molecule has 2 aromatic carbocycles. The summed E-state index contributed by atoms with van der Waals surface area (Å²) in [4.78, 5) is 12.9. The second-order valence-corrected chi connectivity index (χ2v) is 8.51. The maximum absolute atomic E-state index is 11.6. The number of morpholine rings is 1. The van der Waals surface area contributed by atoms with Crippen LogP contribution in [0.2, 0.25) is 0 Å². The Balaban J connectivity index is 1.84. The van der Waals surface area contributed by atoms with Gasteiger partial charge in [0.05, 0.1) is 23.0 Å². The molecule has 0 aromatic heterocycles. The molecule has 9 heteroatoms. The second kappa shape index (κ2) is 7.53. The first-order valence-corrected chi connectivity index (χ1v) is 10.3. The number of sulfone groups is 1. The summed E-state index contributed by atoms with van der Waals surface area (Å²) in [5.74, 6) is 0. The highest BCUT2D eigenvalue weighted by atomic mass is 32.2. The molecule has 2 aromatic rings. The van der Waals surface area contributed by atoms with Crippen LogP contribution in [0.15, 0.2) is 47.4 Å². The number of nitrogens with zero attached hydrogens (tertiary/aromatic N) is 2. The van der Waals surface area contributed by atoms with Gasteiger partial charge >= 0.3 is 0 Å². The standard InChI is InChI=1S/C18H21N3O5S/c1-13-12-26-10-9-20(13)15-5-3-14(4-6-15)19-17-8-7-16(27(2,24)25)11-18(17)21(22)23/h3-8,11,13,19H,9-10,12H2,1-2H3. The number of rotatable bonds is 5. The van der Waals surface area contributed by atoms with Crippen molar-refractivity contribution in [2.45, 2.75) is 17.9 Å². The van der Waals surface area contributed by atoms with E-state index in [9.17, 15) is 18.5 Å². The Bertz CT molecular complexity index is 944. The Hall–Kier alpha value is -2.65.